The van der Waals surface area contributed by atoms with E-state index in [1.54, 1.807) is 11.8 Å². The Labute approximate surface area is 115 Å². The van der Waals surface area contributed by atoms with Gasteiger partial charge in [0, 0.05) is 17.9 Å². The van der Waals surface area contributed by atoms with Gasteiger partial charge in [0.15, 0.2) is 0 Å². The van der Waals surface area contributed by atoms with Gasteiger partial charge < -0.3 is 11.1 Å². The molecule has 0 saturated heterocycles. The molecule has 19 heavy (non-hydrogen) atoms. The first kappa shape index (κ1) is 15.3. The first-order chi connectivity index (χ1) is 8.97. The van der Waals surface area contributed by atoms with Crippen LogP contribution in [-0.2, 0) is 0 Å². The van der Waals surface area contributed by atoms with Crippen LogP contribution >= 0.6 is 11.8 Å². The lowest BCUT2D eigenvalue weighted by Crippen LogP contribution is -2.27. The summed E-state index contributed by atoms with van der Waals surface area (Å²) in [5.74, 6) is -0.380. The maximum Gasteiger partial charge on any atom is 0.292 e. The molecule has 1 unspecified atom stereocenters. The van der Waals surface area contributed by atoms with Crippen molar-refractivity contribution >= 4 is 29.0 Å². The topological polar surface area (TPSA) is 98.3 Å². The molecule has 0 aromatic heterocycles. The predicted octanol–water partition coefficient (Wildman–Crippen LogP) is 2.05. The van der Waals surface area contributed by atoms with Crippen molar-refractivity contribution in [1.29, 1.82) is 0 Å². The maximum absolute atomic E-state index is 11.9. The Morgan fingerprint density at radius 3 is 2.84 bits per heavy atom. The van der Waals surface area contributed by atoms with E-state index in [-0.39, 0.29) is 22.8 Å². The fourth-order valence-corrected chi connectivity index (χ4v) is 1.87. The van der Waals surface area contributed by atoms with Gasteiger partial charge in [0.2, 0.25) is 0 Å². The number of para-hydroxylation sites is 1. The van der Waals surface area contributed by atoms with Crippen molar-refractivity contribution in [1.82, 2.24) is 5.32 Å². The molecule has 3 N–H and O–H groups in total. The third-order valence-electron chi connectivity index (χ3n) is 2.76. The monoisotopic (exact) mass is 283 g/mol. The van der Waals surface area contributed by atoms with Crippen LogP contribution in [0.5, 0.6) is 0 Å². The number of nitrogens with zero attached hydrogens (tertiary/aromatic N) is 1. The highest BCUT2D eigenvalue weighted by atomic mass is 32.2. The first-order valence-corrected chi connectivity index (χ1v) is 7.10. The molecule has 6 nitrogen and oxygen atoms in total. The standard InChI is InChI=1S/C12H17N3O3S/c1-8(19-2)6-7-14-12(16)9-4-3-5-10(11(9)13)15(17)18/h3-5,8H,6-7,13H2,1-2H3,(H,14,16). The van der Waals surface area contributed by atoms with Gasteiger partial charge in [0.1, 0.15) is 5.69 Å². The van der Waals surface area contributed by atoms with Gasteiger partial charge in [-0.05, 0) is 18.7 Å². The third-order valence-corrected chi connectivity index (χ3v) is 3.80. The van der Waals surface area contributed by atoms with Gasteiger partial charge in [-0.15, -0.1) is 0 Å². The molecule has 0 bridgehead atoms. The highest BCUT2D eigenvalue weighted by Crippen LogP contribution is 2.24. The van der Waals surface area contributed by atoms with Gasteiger partial charge in [-0.1, -0.05) is 13.0 Å². The zero-order chi connectivity index (χ0) is 14.4. The van der Waals surface area contributed by atoms with Crippen LogP contribution < -0.4 is 11.1 Å². The Morgan fingerprint density at radius 1 is 1.58 bits per heavy atom. The molecule has 1 amide bonds. The maximum atomic E-state index is 11.9. The number of anilines is 1. The Bertz CT molecular complexity index is 479. The zero-order valence-electron chi connectivity index (χ0n) is 10.9. The Morgan fingerprint density at radius 2 is 2.26 bits per heavy atom. The number of nitrogens with one attached hydrogen (secondary N) is 1. The molecule has 0 radical (unpaired) electrons. The summed E-state index contributed by atoms with van der Waals surface area (Å²) >= 11 is 1.72. The quantitative estimate of drug-likeness (QED) is 0.473. The van der Waals surface area contributed by atoms with E-state index in [1.165, 1.54) is 18.2 Å². The van der Waals surface area contributed by atoms with Crippen molar-refractivity contribution in [2.75, 3.05) is 18.5 Å². The van der Waals surface area contributed by atoms with Crippen LogP contribution in [0.4, 0.5) is 11.4 Å². The molecule has 0 spiro atoms. The summed E-state index contributed by atoms with van der Waals surface area (Å²) in [6.45, 7) is 2.58. The number of amides is 1. The van der Waals surface area contributed by atoms with E-state index >= 15 is 0 Å². The highest BCUT2D eigenvalue weighted by molar-refractivity contribution is 7.99. The van der Waals surface area contributed by atoms with Crippen LogP contribution in [0, 0.1) is 10.1 Å². The zero-order valence-corrected chi connectivity index (χ0v) is 11.7. The summed E-state index contributed by atoms with van der Waals surface area (Å²) in [6.07, 6.45) is 2.84. The highest BCUT2D eigenvalue weighted by Gasteiger charge is 2.18. The summed E-state index contributed by atoms with van der Waals surface area (Å²) in [5, 5.41) is 13.9. The smallest absolute Gasteiger partial charge is 0.292 e. The van der Waals surface area contributed by atoms with Gasteiger partial charge in [-0.25, -0.2) is 0 Å². The number of rotatable bonds is 6. The van der Waals surface area contributed by atoms with E-state index in [9.17, 15) is 14.9 Å². The van der Waals surface area contributed by atoms with Gasteiger partial charge in [0.25, 0.3) is 11.6 Å². The number of thioether (sulfide) groups is 1. The van der Waals surface area contributed by atoms with E-state index in [2.05, 4.69) is 12.2 Å². The molecular weight excluding hydrogens is 266 g/mol. The van der Waals surface area contributed by atoms with Gasteiger partial charge >= 0.3 is 0 Å². The largest absolute Gasteiger partial charge is 0.393 e. The first-order valence-electron chi connectivity index (χ1n) is 5.81. The minimum atomic E-state index is -0.595. The van der Waals surface area contributed by atoms with Crippen molar-refractivity contribution in [2.24, 2.45) is 0 Å². The molecule has 1 aromatic carbocycles. The van der Waals surface area contributed by atoms with Crippen LogP contribution in [0.3, 0.4) is 0 Å². The summed E-state index contributed by atoms with van der Waals surface area (Å²) in [6, 6.07) is 4.21. The molecule has 1 atom stereocenters. The number of hydrogen-bond acceptors (Lipinski definition) is 5. The molecule has 0 fully saturated rings. The molecule has 1 rings (SSSR count). The summed E-state index contributed by atoms with van der Waals surface area (Å²) in [4.78, 5) is 22.0. The average molecular weight is 283 g/mol. The summed E-state index contributed by atoms with van der Waals surface area (Å²) < 4.78 is 0. The van der Waals surface area contributed by atoms with Crippen molar-refractivity contribution in [3.8, 4) is 0 Å². The molecule has 0 aliphatic carbocycles. The van der Waals surface area contributed by atoms with E-state index in [4.69, 9.17) is 5.73 Å². The van der Waals surface area contributed by atoms with E-state index in [0.29, 0.717) is 11.8 Å². The lowest BCUT2D eigenvalue weighted by atomic mass is 10.1. The number of hydrogen-bond donors (Lipinski definition) is 2. The molecule has 1 aromatic rings. The Hall–Kier alpha value is -1.76. The number of nitro benzene ring substituents is 1. The number of nitrogen functional groups attached to an aromatic ring is 1. The number of nitro groups is 1. The van der Waals surface area contributed by atoms with Crippen LogP contribution in [0.25, 0.3) is 0 Å². The Kier molecular flexibility index (Phi) is 5.62. The summed E-state index contributed by atoms with van der Waals surface area (Å²) in [5.41, 5.74) is 5.44. The minimum Gasteiger partial charge on any atom is -0.393 e. The fourth-order valence-electron chi connectivity index (χ4n) is 1.51. The lowest BCUT2D eigenvalue weighted by Gasteiger charge is -2.10. The van der Waals surface area contributed by atoms with Crippen molar-refractivity contribution in [3.05, 3.63) is 33.9 Å². The fraction of sp³-hybridized carbons (Fsp3) is 0.417. The summed E-state index contributed by atoms with van der Waals surface area (Å²) in [7, 11) is 0. The van der Waals surface area contributed by atoms with Crippen LogP contribution in [0.2, 0.25) is 0 Å². The second-order valence-corrected chi connectivity index (χ2v) is 5.36. The molecule has 104 valence electrons. The molecule has 0 saturated carbocycles. The van der Waals surface area contributed by atoms with E-state index < -0.39 is 4.92 Å². The second kappa shape index (κ2) is 6.98. The second-order valence-electron chi connectivity index (χ2n) is 4.09. The number of carbonyl (C=O) groups excluding carboxylic acids is 1. The molecule has 0 aliphatic rings. The average Bonchev–Trinajstić information content (AvgIpc) is 2.38. The van der Waals surface area contributed by atoms with Gasteiger partial charge in [0.05, 0.1) is 10.5 Å². The van der Waals surface area contributed by atoms with Crippen molar-refractivity contribution < 1.29 is 9.72 Å². The van der Waals surface area contributed by atoms with Crippen molar-refractivity contribution in [3.63, 3.8) is 0 Å². The minimum absolute atomic E-state index is 0.0945. The van der Waals surface area contributed by atoms with Crippen LogP contribution in [-0.4, -0.2) is 28.9 Å². The SMILES string of the molecule is CSC(C)CCNC(=O)c1cccc([N+](=O)[O-])c1N. The normalized spacial score (nSPS) is 11.9. The predicted molar refractivity (Wildman–Crippen MR) is 77.4 cm³/mol. The van der Waals surface area contributed by atoms with Gasteiger partial charge in [-0.3, -0.25) is 14.9 Å². The van der Waals surface area contributed by atoms with Crippen LogP contribution in [0.1, 0.15) is 23.7 Å². The lowest BCUT2D eigenvalue weighted by molar-refractivity contribution is -0.383. The van der Waals surface area contributed by atoms with E-state index in [0.717, 1.165) is 6.42 Å². The number of nitrogens with two attached hydrogens (primary N) is 1. The molecule has 7 heteroatoms. The van der Waals surface area contributed by atoms with E-state index in [1.807, 2.05) is 6.26 Å². The number of carbonyl (C=O) groups is 1. The molecule has 0 aliphatic heterocycles. The van der Waals surface area contributed by atoms with Crippen LogP contribution in [0.15, 0.2) is 18.2 Å². The molecular formula is C12H17N3O3S. The third kappa shape index (κ3) is 4.13. The Balaban J connectivity index is 2.72. The van der Waals surface area contributed by atoms with Crippen molar-refractivity contribution in [2.45, 2.75) is 18.6 Å². The van der Waals surface area contributed by atoms with Gasteiger partial charge in [-0.2, -0.15) is 11.8 Å². The molecule has 0 heterocycles. The number of benzene rings is 1.